The Morgan fingerprint density at radius 3 is 2.46 bits per heavy atom. The van der Waals surface area contributed by atoms with Crippen LogP contribution in [0.1, 0.15) is 18.1 Å². The van der Waals surface area contributed by atoms with Crippen LogP contribution in [0.2, 0.25) is 0 Å². The summed E-state index contributed by atoms with van der Waals surface area (Å²) in [4.78, 5) is 4.59. The number of guanidine groups is 1. The van der Waals surface area contributed by atoms with Crippen LogP contribution in [0, 0.1) is 0 Å². The number of methoxy groups -OCH3 is 2. The van der Waals surface area contributed by atoms with E-state index in [1.807, 2.05) is 55.5 Å². The van der Waals surface area contributed by atoms with E-state index in [4.69, 9.17) is 9.47 Å². The summed E-state index contributed by atoms with van der Waals surface area (Å²) in [5.41, 5.74) is 2.07. The molecule has 0 aromatic heterocycles. The summed E-state index contributed by atoms with van der Waals surface area (Å²) in [5, 5.41) is 16.7. The van der Waals surface area contributed by atoms with E-state index in [-0.39, 0.29) is 24.0 Å². The summed E-state index contributed by atoms with van der Waals surface area (Å²) in [6.45, 7) is 3.61. The third kappa shape index (κ3) is 7.93. The summed E-state index contributed by atoms with van der Waals surface area (Å²) >= 11 is 0. The molecule has 0 bridgehead atoms. The Morgan fingerprint density at radius 2 is 1.82 bits per heavy atom. The topological polar surface area (TPSA) is 75.1 Å². The molecular formula is C21H30IN3O3. The van der Waals surface area contributed by atoms with E-state index in [9.17, 15) is 5.11 Å². The molecule has 0 saturated carbocycles. The zero-order valence-corrected chi connectivity index (χ0v) is 19.0. The minimum Gasteiger partial charge on any atom is -0.497 e. The highest BCUT2D eigenvalue weighted by atomic mass is 127. The van der Waals surface area contributed by atoms with Gasteiger partial charge in [0, 0.05) is 31.1 Å². The standard InChI is InChI=1S/C21H29N3O3.HI/c1-4-22-21(24-15-18(25)12-16-8-6-5-7-9-16)23-14-17-10-11-19(26-2)13-20(17)27-3;/h5-11,13,18,25H,4,12,14-15H2,1-3H3,(H2,22,23,24);1H. The van der Waals surface area contributed by atoms with Crippen LogP contribution >= 0.6 is 24.0 Å². The number of aliphatic imine (C=N–C) groups is 1. The molecule has 0 fully saturated rings. The summed E-state index contributed by atoms with van der Waals surface area (Å²) in [6.07, 6.45) is 0.103. The van der Waals surface area contributed by atoms with Crippen LogP contribution in [0.4, 0.5) is 0 Å². The van der Waals surface area contributed by atoms with Crippen LogP contribution in [0.3, 0.4) is 0 Å². The van der Waals surface area contributed by atoms with Gasteiger partial charge in [0.25, 0.3) is 0 Å². The SMILES string of the molecule is CCNC(=NCc1ccc(OC)cc1OC)NCC(O)Cc1ccccc1.I. The first-order valence-electron chi connectivity index (χ1n) is 9.11. The van der Waals surface area contributed by atoms with Gasteiger partial charge in [-0.15, -0.1) is 24.0 Å². The minimum absolute atomic E-state index is 0. The van der Waals surface area contributed by atoms with E-state index in [1.165, 1.54) is 0 Å². The van der Waals surface area contributed by atoms with Gasteiger partial charge in [-0.2, -0.15) is 0 Å². The molecule has 0 heterocycles. The van der Waals surface area contributed by atoms with Crippen molar-refractivity contribution in [2.24, 2.45) is 4.99 Å². The van der Waals surface area contributed by atoms with Gasteiger partial charge in [-0.25, -0.2) is 4.99 Å². The van der Waals surface area contributed by atoms with Crippen molar-refractivity contribution in [1.29, 1.82) is 0 Å². The maximum Gasteiger partial charge on any atom is 0.191 e. The fourth-order valence-corrected chi connectivity index (χ4v) is 2.66. The Labute approximate surface area is 184 Å². The molecule has 0 amide bonds. The Balaban J connectivity index is 0.00000392. The highest BCUT2D eigenvalue weighted by Gasteiger charge is 2.08. The predicted molar refractivity (Wildman–Crippen MR) is 124 cm³/mol. The van der Waals surface area contributed by atoms with Crippen LogP contribution in [0.25, 0.3) is 0 Å². The number of halogens is 1. The molecule has 0 spiro atoms. The van der Waals surface area contributed by atoms with Crippen molar-refractivity contribution in [3.8, 4) is 11.5 Å². The smallest absolute Gasteiger partial charge is 0.191 e. The van der Waals surface area contributed by atoms with E-state index >= 15 is 0 Å². The van der Waals surface area contributed by atoms with Gasteiger partial charge in [0.1, 0.15) is 11.5 Å². The Bertz CT molecular complexity index is 726. The Morgan fingerprint density at radius 1 is 1.07 bits per heavy atom. The molecule has 0 aliphatic heterocycles. The monoisotopic (exact) mass is 499 g/mol. The predicted octanol–water partition coefficient (Wildman–Crippen LogP) is 2.98. The first-order valence-corrected chi connectivity index (χ1v) is 9.11. The highest BCUT2D eigenvalue weighted by molar-refractivity contribution is 14.0. The van der Waals surface area contributed by atoms with Crippen LogP contribution < -0.4 is 20.1 Å². The van der Waals surface area contributed by atoms with E-state index in [0.29, 0.717) is 25.5 Å². The maximum atomic E-state index is 10.3. The fourth-order valence-electron chi connectivity index (χ4n) is 2.66. The second kappa shape index (κ2) is 13.2. The second-order valence-electron chi connectivity index (χ2n) is 6.10. The molecule has 2 aromatic rings. The van der Waals surface area contributed by atoms with Crippen LogP contribution in [-0.2, 0) is 13.0 Å². The van der Waals surface area contributed by atoms with E-state index in [0.717, 1.165) is 29.2 Å². The number of hydrogen-bond acceptors (Lipinski definition) is 4. The van der Waals surface area contributed by atoms with Crippen molar-refractivity contribution in [1.82, 2.24) is 10.6 Å². The fraction of sp³-hybridized carbons (Fsp3) is 0.381. The van der Waals surface area contributed by atoms with Crippen LogP contribution in [0.15, 0.2) is 53.5 Å². The van der Waals surface area contributed by atoms with Gasteiger partial charge in [0.15, 0.2) is 5.96 Å². The molecule has 0 aliphatic rings. The maximum absolute atomic E-state index is 10.3. The second-order valence-corrected chi connectivity index (χ2v) is 6.10. The first-order chi connectivity index (χ1) is 13.2. The number of hydrogen-bond donors (Lipinski definition) is 3. The van der Waals surface area contributed by atoms with Gasteiger partial charge < -0.3 is 25.2 Å². The highest BCUT2D eigenvalue weighted by Crippen LogP contribution is 2.25. The van der Waals surface area contributed by atoms with Crippen LogP contribution in [0.5, 0.6) is 11.5 Å². The largest absolute Gasteiger partial charge is 0.497 e. The molecule has 1 unspecified atom stereocenters. The zero-order chi connectivity index (χ0) is 19.5. The van der Waals surface area contributed by atoms with Crippen molar-refractivity contribution in [2.45, 2.75) is 26.0 Å². The van der Waals surface area contributed by atoms with Gasteiger partial charge in [-0.05, 0) is 24.6 Å². The van der Waals surface area contributed by atoms with Crippen molar-refractivity contribution in [2.75, 3.05) is 27.3 Å². The molecule has 7 heteroatoms. The average molecular weight is 499 g/mol. The third-order valence-electron chi connectivity index (χ3n) is 4.07. The molecule has 6 nitrogen and oxygen atoms in total. The lowest BCUT2D eigenvalue weighted by atomic mass is 10.1. The summed E-state index contributed by atoms with van der Waals surface area (Å²) in [7, 11) is 3.26. The summed E-state index contributed by atoms with van der Waals surface area (Å²) < 4.78 is 10.6. The molecule has 154 valence electrons. The minimum atomic E-state index is -0.494. The first kappa shape index (κ1) is 24.0. The van der Waals surface area contributed by atoms with Crippen molar-refractivity contribution < 1.29 is 14.6 Å². The molecule has 2 aromatic carbocycles. The molecule has 0 saturated heterocycles. The third-order valence-corrected chi connectivity index (χ3v) is 4.07. The molecule has 1 atom stereocenters. The normalized spacial score (nSPS) is 11.9. The van der Waals surface area contributed by atoms with E-state index in [1.54, 1.807) is 14.2 Å². The van der Waals surface area contributed by atoms with Gasteiger partial charge >= 0.3 is 0 Å². The van der Waals surface area contributed by atoms with E-state index < -0.39 is 6.10 Å². The lowest BCUT2D eigenvalue weighted by Crippen LogP contribution is -2.41. The number of benzene rings is 2. The average Bonchev–Trinajstić information content (AvgIpc) is 2.70. The molecule has 3 N–H and O–H groups in total. The van der Waals surface area contributed by atoms with Gasteiger partial charge in [0.2, 0.25) is 0 Å². The number of aliphatic hydroxyl groups excluding tert-OH is 1. The van der Waals surface area contributed by atoms with Crippen molar-refractivity contribution in [3.63, 3.8) is 0 Å². The summed E-state index contributed by atoms with van der Waals surface area (Å²) in [5.74, 6) is 2.13. The van der Waals surface area contributed by atoms with Gasteiger partial charge in [0.05, 0.1) is 26.9 Å². The van der Waals surface area contributed by atoms with Crippen LogP contribution in [-0.4, -0.2) is 44.5 Å². The molecule has 28 heavy (non-hydrogen) atoms. The van der Waals surface area contributed by atoms with Crippen molar-refractivity contribution in [3.05, 3.63) is 59.7 Å². The lowest BCUT2D eigenvalue weighted by molar-refractivity contribution is 0.177. The number of rotatable bonds is 9. The quantitative estimate of drug-likeness (QED) is 0.281. The zero-order valence-electron chi connectivity index (χ0n) is 16.6. The van der Waals surface area contributed by atoms with Crippen molar-refractivity contribution >= 4 is 29.9 Å². The Hall–Kier alpha value is -2.00. The molecule has 2 rings (SSSR count). The summed E-state index contributed by atoms with van der Waals surface area (Å²) in [6, 6.07) is 15.6. The number of aliphatic hydroxyl groups is 1. The van der Waals surface area contributed by atoms with Gasteiger partial charge in [-0.3, -0.25) is 0 Å². The molecule has 0 aliphatic carbocycles. The Kier molecular flexibility index (Phi) is 11.4. The van der Waals surface area contributed by atoms with E-state index in [2.05, 4.69) is 15.6 Å². The molecular weight excluding hydrogens is 469 g/mol. The number of nitrogens with zero attached hydrogens (tertiary/aromatic N) is 1. The lowest BCUT2D eigenvalue weighted by Gasteiger charge is -2.16. The van der Waals surface area contributed by atoms with Gasteiger partial charge in [-0.1, -0.05) is 30.3 Å². The number of nitrogens with one attached hydrogen (secondary N) is 2. The molecule has 0 radical (unpaired) electrons. The number of ether oxygens (including phenoxy) is 2.